The van der Waals surface area contributed by atoms with E-state index in [9.17, 15) is 8.78 Å². The van der Waals surface area contributed by atoms with Gasteiger partial charge in [0.05, 0.1) is 19.3 Å². The Bertz CT molecular complexity index is 364. The lowest BCUT2D eigenvalue weighted by atomic mass is 10.1. The molecule has 0 aliphatic heterocycles. The Balaban J connectivity index is 1.64. The van der Waals surface area contributed by atoms with Crippen LogP contribution >= 0.6 is 0 Å². The van der Waals surface area contributed by atoms with Crippen molar-refractivity contribution in [3.63, 3.8) is 0 Å². The summed E-state index contributed by atoms with van der Waals surface area (Å²) >= 11 is 0. The molecule has 1 saturated carbocycles. The lowest BCUT2D eigenvalue weighted by Gasteiger charge is -2.18. The van der Waals surface area contributed by atoms with Crippen molar-refractivity contribution in [3.8, 4) is 0 Å². The molecule has 2 rings (SSSR count). The molecule has 4 heteroatoms. The molecule has 1 aliphatic carbocycles. The fourth-order valence-electron chi connectivity index (χ4n) is 2.38. The van der Waals surface area contributed by atoms with E-state index in [2.05, 4.69) is 5.32 Å². The number of alkyl halides is 2. The average Bonchev–Trinajstić information content (AvgIpc) is 2.92. The third kappa shape index (κ3) is 4.55. The maximum Gasteiger partial charge on any atom is 0.285 e. The number of hydrogen-bond donors (Lipinski definition) is 1. The van der Waals surface area contributed by atoms with Crippen molar-refractivity contribution in [2.75, 3.05) is 19.7 Å². The summed E-state index contributed by atoms with van der Waals surface area (Å²) in [6, 6.07) is 7.91. The Hall–Kier alpha value is -1.00. The molecule has 0 spiro atoms. The van der Waals surface area contributed by atoms with Gasteiger partial charge in [0.25, 0.3) is 5.92 Å². The van der Waals surface area contributed by atoms with E-state index in [1.165, 1.54) is 25.0 Å². The van der Waals surface area contributed by atoms with E-state index in [1.807, 2.05) is 0 Å². The quantitative estimate of drug-likeness (QED) is 0.767. The Labute approximate surface area is 113 Å². The van der Waals surface area contributed by atoms with Crippen molar-refractivity contribution in [1.29, 1.82) is 0 Å². The van der Waals surface area contributed by atoms with Crippen LogP contribution in [0.3, 0.4) is 0 Å². The van der Waals surface area contributed by atoms with Gasteiger partial charge in [0.15, 0.2) is 0 Å². The predicted molar refractivity (Wildman–Crippen MR) is 71.4 cm³/mol. The smallest absolute Gasteiger partial charge is 0.285 e. The zero-order chi connectivity index (χ0) is 13.6. The fourth-order valence-corrected chi connectivity index (χ4v) is 2.38. The summed E-state index contributed by atoms with van der Waals surface area (Å²) < 4.78 is 33.2. The number of nitrogens with one attached hydrogen (secondary N) is 1. The number of rotatable bonds is 7. The molecule has 106 valence electrons. The topological polar surface area (TPSA) is 21.3 Å². The summed E-state index contributed by atoms with van der Waals surface area (Å²) in [6.45, 7) is 0.638. The van der Waals surface area contributed by atoms with Crippen LogP contribution in [0.25, 0.3) is 0 Å². The van der Waals surface area contributed by atoms with Crippen LogP contribution in [0.1, 0.15) is 31.2 Å². The highest BCUT2D eigenvalue weighted by Gasteiger charge is 2.30. The van der Waals surface area contributed by atoms with Gasteiger partial charge >= 0.3 is 0 Å². The second kappa shape index (κ2) is 6.96. The van der Waals surface area contributed by atoms with Crippen LogP contribution in [-0.2, 0) is 10.7 Å². The van der Waals surface area contributed by atoms with E-state index in [0.29, 0.717) is 19.3 Å². The van der Waals surface area contributed by atoms with Crippen LogP contribution in [0.15, 0.2) is 30.3 Å². The largest absolute Gasteiger partial charge is 0.377 e. The molecule has 1 N–H and O–H groups in total. The van der Waals surface area contributed by atoms with E-state index in [0.717, 1.165) is 12.8 Å². The van der Waals surface area contributed by atoms with Crippen LogP contribution < -0.4 is 5.32 Å². The summed E-state index contributed by atoms with van der Waals surface area (Å²) in [4.78, 5) is 0. The van der Waals surface area contributed by atoms with Crippen molar-refractivity contribution in [2.45, 2.75) is 37.7 Å². The molecule has 0 amide bonds. The second-order valence-corrected chi connectivity index (χ2v) is 5.02. The molecular formula is C15H21F2NO. The van der Waals surface area contributed by atoms with Gasteiger partial charge in [0.2, 0.25) is 0 Å². The molecule has 1 fully saturated rings. The number of halogens is 2. The summed E-state index contributed by atoms with van der Waals surface area (Å²) in [7, 11) is 0. The second-order valence-electron chi connectivity index (χ2n) is 5.02. The molecule has 1 aliphatic rings. The summed E-state index contributed by atoms with van der Waals surface area (Å²) in [5, 5.41) is 2.77. The van der Waals surface area contributed by atoms with Crippen molar-refractivity contribution in [1.82, 2.24) is 5.32 Å². The van der Waals surface area contributed by atoms with Gasteiger partial charge in [-0.05, 0) is 12.8 Å². The lowest BCUT2D eigenvalue weighted by molar-refractivity contribution is -0.00666. The number of benzene rings is 1. The highest BCUT2D eigenvalue weighted by molar-refractivity contribution is 5.20. The van der Waals surface area contributed by atoms with Crippen LogP contribution in [-0.4, -0.2) is 25.8 Å². The van der Waals surface area contributed by atoms with Crippen molar-refractivity contribution < 1.29 is 13.5 Å². The molecule has 0 radical (unpaired) electrons. The SMILES string of the molecule is FC(F)(CNCCOC1CCCC1)c1ccccc1. The highest BCUT2D eigenvalue weighted by atomic mass is 19.3. The Morgan fingerprint density at radius 2 is 1.84 bits per heavy atom. The molecule has 0 saturated heterocycles. The minimum Gasteiger partial charge on any atom is -0.377 e. The first-order valence-electron chi connectivity index (χ1n) is 6.94. The molecular weight excluding hydrogens is 248 g/mol. The maximum atomic E-state index is 13.8. The summed E-state index contributed by atoms with van der Waals surface area (Å²) in [6.07, 6.45) is 5.02. The van der Waals surface area contributed by atoms with Gasteiger partial charge in [-0.25, -0.2) is 0 Å². The first kappa shape index (κ1) is 14.4. The molecule has 0 aromatic heterocycles. The molecule has 0 atom stereocenters. The molecule has 0 unspecified atom stereocenters. The summed E-state index contributed by atoms with van der Waals surface area (Å²) in [5.41, 5.74) is 0.0548. The van der Waals surface area contributed by atoms with Gasteiger partial charge in [-0.3, -0.25) is 0 Å². The predicted octanol–water partition coefficient (Wildman–Crippen LogP) is 3.33. The van der Waals surface area contributed by atoms with Crippen LogP contribution in [0, 0.1) is 0 Å². The van der Waals surface area contributed by atoms with Crippen molar-refractivity contribution in [3.05, 3.63) is 35.9 Å². The summed E-state index contributed by atoms with van der Waals surface area (Å²) in [5.74, 6) is -2.82. The highest BCUT2D eigenvalue weighted by Crippen LogP contribution is 2.26. The minimum absolute atomic E-state index is 0.0548. The van der Waals surface area contributed by atoms with Gasteiger partial charge < -0.3 is 10.1 Å². The fraction of sp³-hybridized carbons (Fsp3) is 0.600. The third-order valence-electron chi connectivity index (χ3n) is 3.48. The normalized spacial score (nSPS) is 16.9. The van der Waals surface area contributed by atoms with Gasteiger partial charge in [0, 0.05) is 12.1 Å². The van der Waals surface area contributed by atoms with Gasteiger partial charge in [-0.2, -0.15) is 8.78 Å². The van der Waals surface area contributed by atoms with E-state index < -0.39 is 5.92 Å². The average molecular weight is 269 g/mol. The van der Waals surface area contributed by atoms with Crippen molar-refractivity contribution in [2.24, 2.45) is 0 Å². The van der Waals surface area contributed by atoms with E-state index >= 15 is 0 Å². The molecule has 1 aromatic carbocycles. The van der Waals surface area contributed by atoms with Crippen LogP contribution in [0.4, 0.5) is 8.78 Å². The molecule has 0 heterocycles. The van der Waals surface area contributed by atoms with Crippen LogP contribution in [0.5, 0.6) is 0 Å². The lowest BCUT2D eigenvalue weighted by Crippen LogP contribution is -2.33. The van der Waals surface area contributed by atoms with E-state index in [-0.39, 0.29) is 12.1 Å². The van der Waals surface area contributed by atoms with Crippen LogP contribution in [0.2, 0.25) is 0 Å². The molecule has 2 nitrogen and oxygen atoms in total. The van der Waals surface area contributed by atoms with E-state index in [1.54, 1.807) is 18.2 Å². The minimum atomic E-state index is -2.82. The number of ether oxygens (including phenoxy) is 1. The van der Waals surface area contributed by atoms with Gasteiger partial charge in [0.1, 0.15) is 0 Å². The van der Waals surface area contributed by atoms with Gasteiger partial charge in [-0.15, -0.1) is 0 Å². The van der Waals surface area contributed by atoms with Crippen molar-refractivity contribution >= 4 is 0 Å². The zero-order valence-corrected chi connectivity index (χ0v) is 11.1. The zero-order valence-electron chi connectivity index (χ0n) is 11.1. The molecule has 1 aromatic rings. The van der Waals surface area contributed by atoms with Gasteiger partial charge in [-0.1, -0.05) is 43.2 Å². The first-order valence-corrected chi connectivity index (χ1v) is 6.94. The Morgan fingerprint density at radius 1 is 1.16 bits per heavy atom. The van der Waals surface area contributed by atoms with E-state index in [4.69, 9.17) is 4.74 Å². The third-order valence-corrected chi connectivity index (χ3v) is 3.48. The molecule has 19 heavy (non-hydrogen) atoms. The number of hydrogen-bond acceptors (Lipinski definition) is 2. The first-order chi connectivity index (χ1) is 9.18. The maximum absolute atomic E-state index is 13.8. The standard InChI is InChI=1S/C15H21F2NO/c16-15(17,13-6-2-1-3-7-13)12-18-10-11-19-14-8-4-5-9-14/h1-3,6-7,14,18H,4-5,8-12H2. The molecule has 0 bridgehead atoms. The monoisotopic (exact) mass is 269 g/mol. The Kier molecular flexibility index (Phi) is 5.28. The Morgan fingerprint density at radius 3 is 2.53 bits per heavy atom.